The number of carbonyl (C=O) groups is 11. The summed E-state index contributed by atoms with van der Waals surface area (Å²) in [5, 5.41) is 68.2. The van der Waals surface area contributed by atoms with E-state index in [-0.39, 0.29) is 75.7 Å². The SMILES string of the molecule is CC(C)C[C@H](NC(=O)[C@@H]1CCN1C(=O)[C@H](Cc1ccccc1)NC(=O)[C@@H](NC(=O)[C@H](CC(N)=O)NC(=O)[C@@H]1C[C@@H](O)CN1C(=O)[C@@H](Cc1ccc(O)cc1)NC(=O)CNC(=O)CN)[C@@H](C)O)C(=O)N[C@@H](CCCNC(=N)N)C(=O)O. The van der Waals surface area contributed by atoms with E-state index >= 15 is 0 Å². The summed E-state index contributed by atoms with van der Waals surface area (Å²) in [6, 6.07) is 2.14. The Hall–Kier alpha value is -8.44. The summed E-state index contributed by atoms with van der Waals surface area (Å²) in [5.41, 5.74) is 17.1. The fourth-order valence-electron chi connectivity index (χ4n) is 8.87. The number of nitrogens with two attached hydrogens (primary N) is 3. The molecule has 0 aromatic heterocycles. The summed E-state index contributed by atoms with van der Waals surface area (Å²) in [6.07, 6.45) is -4.19. The van der Waals surface area contributed by atoms with Crippen LogP contribution in [0.3, 0.4) is 0 Å². The molecule has 4 rings (SSSR count). The van der Waals surface area contributed by atoms with E-state index in [0.717, 1.165) is 11.8 Å². The first kappa shape index (κ1) is 64.1. The highest BCUT2D eigenvalue weighted by molar-refractivity contribution is 6.00. The van der Waals surface area contributed by atoms with Crippen LogP contribution in [-0.2, 0) is 65.6 Å². The number of nitrogens with zero attached hydrogens (tertiary/aromatic N) is 2. The molecule has 2 heterocycles. The topological polar surface area (TPSA) is 473 Å². The molecule has 0 radical (unpaired) electrons. The summed E-state index contributed by atoms with van der Waals surface area (Å²) >= 11 is 0. The molecule has 0 spiro atoms. The van der Waals surface area contributed by atoms with Gasteiger partial charge < -0.3 is 90.0 Å². The van der Waals surface area contributed by atoms with E-state index in [1.165, 1.54) is 29.2 Å². The van der Waals surface area contributed by atoms with Crippen LogP contribution in [0.15, 0.2) is 54.6 Å². The number of carboxylic acid groups (broad SMARTS) is 1. The van der Waals surface area contributed by atoms with Crippen LogP contribution >= 0.6 is 0 Å². The lowest BCUT2D eigenvalue weighted by atomic mass is 9.96. The minimum atomic E-state index is -1.88. The monoisotopic (exact) mass is 1120 g/mol. The van der Waals surface area contributed by atoms with Crippen LogP contribution in [0.2, 0.25) is 0 Å². The summed E-state index contributed by atoms with van der Waals surface area (Å²) < 4.78 is 0. The van der Waals surface area contributed by atoms with Gasteiger partial charge in [0.1, 0.15) is 54.1 Å². The quantitative estimate of drug-likeness (QED) is 0.0197. The van der Waals surface area contributed by atoms with Gasteiger partial charge in [-0.3, -0.25) is 53.4 Å². The van der Waals surface area contributed by atoms with Crippen molar-refractivity contribution in [1.82, 2.24) is 52.3 Å². The number of likely N-dealkylation sites (tertiary alicyclic amines) is 2. The van der Waals surface area contributed by atoms with Crippen molar-refractivity contribution in [2.75, 3.05) is 32.7 Å². The molecule has 2 aromatic carbocycles. The Labute approximate surface area is 460 Å². The number of carbonyl (C=O) groups excluding carboxylic acids is 10. The van der Waals surface area contributed by atoms with Gasteiger partial charge in [-0.2, -0.15) is 0 Å². The second-order valence-electron chi connectivity index (χ2n) is 20.0. The van der Waals surface area contributed by atoms with Crippen molar-refractivity contribution in [3.05, 3.63) is 65.7 Å². The molecule has 0 bridgehead atoms. The zero-order valence-corrected chi connectivity index (χ0v) is 44.6. The predicted molar refractivity (Wildman–Crippen MR) is 284 cm³/mol. The van der Waals surface area contributed by atoms with Crippen LogP contribution in [0, 0.1) is 11.3 Å². The number of carboxylic acids is 1. The third-order valence-electron chi connectivity index (χ3n) is 13.0. The summed E-state index contributed by atoms with van der Waals surface area (Å²) in [5.74, 6) is -11.1. The van der Waals surface area contributed by atoms with Gasteiger partial charge in [-0.05, 0) is 61.8 Å². The van der Waals surface area contributed by atoms with Crippen molar-refractivity contribution in [3.8, 4) is 5.75 Å². The highest BCUT2D eigenvalue weighted by Gasteiger charge is 2.45. The van der Waals surface area contributed by atoms with Crippen LogP contribution < -0.4 is 59.7 Å². The number of rotatable bonds is 30. The number of phenols is 1. The Morgan fingerprint density at radius 1 is 0.688 bits per heavy atom. The van der Waals surface area contributed by atoms with E-state index in [9.17, 15) is 73.2 Å². The van der Waals surface area contributed by atoms with Gasteiger partial charge in [0.2, 0.25) is 59.1 Å². The lowest BCUT2D eigenvalue weighted by Crippen LogP contribution is -2.66. The summed E-state index contributed by atoms with van der Waals surface area (Å²) in [4.78, 5) is 150. The van der Waals surface area contributed by atoms with E-state index in [4.69, 9.17) is 22.6 Å². The summed E-state index contributed by atoms with van der Waals surface area (Å²) in [6.45, 7) is 3.46. The second kappa shape index (κ2) is 30.6. The molecular weight excluding hydrogens is 1050 g/mol. The highest BCUT2D eigenvalue weighted by Crippen LogP contribution is 2.23. The van der Waals surface area contributed by atoms with Gasteiger partial charge in [0.25, 0.3) is 0 Å². The van der Waals surface area contributed by atoms with Crippen molar-refractivity contribution in [2.24, 2.45) is 23.1 Å². The van der Waals surface area contributed by atoms with Gasteiger partial charge in [-0.15, -0.1) is 0 Å². The molecular formula is C51H74N14O15. The number of primary amides is 1. The number of phenolic OH excluding ortho intramolecular Hbond substituents is 1. The van der Waals surface area contributed by atoms with Crippen molar-refractivity contribution in [3.63, 3.8) is 0 Å². The van der Waals surface area contributed by atoms with Gasteiger partial charge in [0.05, 0.1) is 31.7 Å². The minimum Gasteiger partial charge on any atom is -0.508 e. The normalized spacial score (nSPS) is 18.3. The molecule has 0 saturated carbocycles. The molecule has 29 heteroatoms. The predicted octanol–water partition coefficient (Wildman–Crippen LogP) is -5.63. The number of nitrogens with one attached hydrogen (secondary N) is 9. The fourth-order valence-corrected chi connectivity index (χ4v) is 8.87. The molecule has 2 aliphatic rings. The van der Waals surface area contributed by atoms with Crippen LogP contribution in [0.5, 0.6) is 5.75 Å². The first-order valence-electron chi connectivity index (χ1n) is 25.9. The molecule has 80 heavy (non-hydrogen) atoms. The molecule has 0 aliphatic carbocycles. The first-order chi connectivity index (χ1) is 37.8. The molecule has 10 atom stereocenters. The maximum atomic E-state index is 14.4. The Morgan fingerprint density at radius 2 is 1.26 bits per heavy atom. The molecule has 438 valence electrons. The van der Waals surface area contributed by atoms with Gasteiger partial charge in [0, 0.05) is 38.9 Å². The average Bonchev–Trinajstić information content (AvgIpc) is 3.86. The van der Waals surface area contributed by atoms with Gasteiger partial charge >= 0.3 is 5.97 Å². The Morgan fingerprint density at radius 3 is 1.82 bits per heavy atom. The molecule has 19 N–H and O–H groups in total. The third-order valence-corrected chi connectivity index (χ3v) is 13.0. The smallest absolute Gasteiger partial charge is 0.326 e. The number of hydrogen-bond acceptors (Lipinski definition) is 16. The van der Waals surface area contributed by atoms with Crippen LogP contribution in [0.4, 0.5) is 0 Å². The maximum absolute atomic E-state index is 14.4. The molecule has 2 aliphatic heterocycles. The van der Waals surface area contributed by atoms with Crippen molar-refractivity contribution in [2.45, 2.75) is 133 Å². The number of aliphatic hydroxyl groups is 2. The van der Waals surface area contributed by atoms with Crippen molar-refractivity contribution >= 4 is 71.0 Å². The Balaban J connectivity index is 1.52. The first-order valence-corrected chi connectivity index (χ1v) is 25.9. The number of benzene rings is 2. The van der Waals surface area contributed by atoms with Crippen LogP contribution in [-0.4, -0.2) is 194 Å². The van der Waals surface area contributed by atoms with E-state index in [0.29, 0.717) is 11.1 Å². The van der Waals surface area contributed by atoms with Gasteiger partial charge in [-0.1, -0.05) is 56.3 Å². The van der Waals surface area contributed by atoms with Gasteiger partial charge in [0.15, 0.2) is 5.96 Å². The molecule has 2 aromatic rings. The largest absolute Gasteiger partial charge is 0.508 e. The zero-order chi connectivity index (χ0) is 59.4. The number of guanidine groups is 1. The number of aliphatic hydroxyl groups excluding tert-OH is 2. The van der Waals surface area contributed by atoms with E-state index in [1.54, 1.807) is 44.2 Å². The maximum Gasteiger partial charge on any atom is 0.326 e. The molecule has 29 nitrogen and oxygen atoms in total. The average molecular weight is 1120 g/mol. The standard InChI is InChI=1S/C51H74N14O15/c1-26(2)18-33(43(72)59-32(50(79)80)10-7-16-56-51(54)55)60-45(74)37-15-17-64(37)48(77)36(19-28-8-5-4-6-9-28)62-47(76)42(27(3)66)63-44(73)34(22-39(53)69)61-46(75)38-21-31(68)25-65(38)49(78)35(20-29-11-13-30(67)14-12-29)58-41(71)24-57-40(70)23-52/h4-6,8-9,11-14,26-27,31-38,42,66-68H,7,10,15-25,52H2,1-3H3,(H2,53,69)(H,57,70)(H,58,71)(H,59,72)(H,60,74)(H,61,75)(H,62,76)(H,63,73)(H,79,80)(H4,54,55,56)/t27-,31-,32+,33+,34+,35-,36+,37+,38+,42+/m1/s1. The number of hydrogen-bond donors (Lipinski definition) is 16. The minimum absolute atomic E-state index is 0.0280. The lowest BCUT2D eigenvalue weighted by Gasteiger charge is -2.42. The van der Waals surface area contributed by atoms with Crippen molar-refractivity contribution in [1.29, 1.82) is 5.41 Å². The molecule has 2 fully saturated rings. The van der Waals surface area contributed by atoms with Crippen LogP contribution in [0.25, 0.3) is 0 Å². The number of aromatic hydroxyl groups is 1. The third kappa shape index (κ3) is 19.8. The zero-order valence-electron chi connectivity index (χ0n) is 44.6. The Bertz CT molecular complexity index is 2550. The van der Waals surface area contributed by atoms with E-state index < -0.39 is 152 Å². The second-order valence-corrected chi connectivity index (χ2v) is 20.0. The lowest BCUT2D eigenvalue weighted by molar-refractivity contribution is -0.151. The highest BCUT2D eigenvalue weighted by atomic mass is 16.4. The van der Waals surface area contributed by atoms with E-state index in [1.807, 2.05) is 0 Å². The van der Waals surface area contributed by atoms with Crippen LogP contribution in [0.1, 0.15) is 70.4 Å². The van der Waals surface area contributed by atoms with E-state index in [2.05, 4.69) is 42.5 Å². The number of β-amino-alcohol motifs (C(OH)–C–C–N with tert-alkyl or cyclic N) is 1. The number of aliphatic carboxylic acids is 1. The molecule has 2 saturated heterocycles. The molecule has 0 unspecified atom stereocenters. The Kier molecular flexibility index (Phi) is 24.5. The fraction of sp³-hybridized carbons (Fsp3) is 0.529. The van der Waals surface area contributed by atoms with Gasteiger partial charge in [-0.25, -0.2) is 4.79 Å². The van der Waals surface area contributed by atoms with Crippen molar-refractivity contribution < 1.29 is 73.2 Å². The number of amides is 10. The summed E-state index contributed by atoms with van der Waals surface area (Å²) in [7, 11) is 0. The molecule has 10 amide bonds.